The maximum absolute atomic E-state index is 13.0. The molecule has 1 aromatic rings. The number of thiocarbonyl (C=S) groups is 1. The molecule has 2 aliphatic rings. The van der Waals surface area contributed by atoms with Crippen molar-refractivity contribution in [2.24, 2.45) is 7.05 Å². The van der Waals surface area contributed by atoms with Crippen LogP contribution in [-0.2, 0) is 21.4 Å². The lowest BCUT2D eigenvalue weighted by molar-refractivity contribution is -0.137. The molecule has 1 amide bonds. The maximum atomic E-state index is 13.0. The number of carbonyl (C=O) groups excluding carboxylic acids is 1. The molecule has 2 unspecified atom stereocenters. The van der Waals surface area contributed by atoms with Crippen LogP contribution in [0.5, 0.6) is 0 Å². The Morgan fingerprint density at radius 2 is 1.97 bits per heavy atom. The number of nitriles is 1. The van der Waals surface area contributed by atoms with Crippen LogP contribution in [0.2, 0.25) is 0 Å². The lowest BCUT2D eigenvalue weighted by Gasteiger charge is -2.38. The van der Waals surface area contributed by atoms with Crippen molar-refractivity contribution in [2.75, 3.05) is 24.5 Å². The number of anilines is 1. The van der Waals surface area contributed by atoms with Gasteiger partial charge in [0.25, 0.3) is 11.5 Å². The van der Waals surface area contributed by atoms with Crippen LogP contribution >= 0.6 is 24.0 Å². The molecule has 2 atom stereocenters. The molecule has 2 aliphatic heterocycles. The first-order chi connectivity index (χ1) is 15.5. The molecule has 0 spiro atoms. The Kier molecular flexibility index (Phi) is 7.62. The Bertz CT molecular complexity index is 1130. The van der Waals surface area contributed by atoms with E-state index in [9.17, 15) is 19.6 Å². The van der Waals surface area contributed by atoms with Crippen molar-refractivity contribution >= 4 is 52.1 Å². The number of aliphatic carboxylic acids is 1. The second-order valence-corrected chi connectivity index (χ2v) is 9.88. The van der Waals surface area contributed by atoms with Gasteiger partial charge >= 0.3 is 5.97 Å². The number of rotatable bonds is 6. The summed E-state index contributed by atoms with van der Waals surface area (Å²) in [7, 11) is 1.62. The minimum atomic E-state index is -0.931. The number of amides is 1. The van der Waals surface area contributed by atoms with Gasteiger partial charge in [0, 0.05) is 38.7 Å². The van der Waals surface area contributed by atoms with E-state index in [1.807, 2.05) is 24.8 Å². The molecule has 0 saturated carbocycles. The largest absolute Gasteiger partial charge is 0.481 e. The van der Waals surface area contributed by atoms with Crippen LogP contribution < -0.4 is 10.5 Å². The number of carboxylic acid groups (broad SMARTS) is 1. The fourth-order valence-corrected chi connectivity index (χ4v) is 5.45. The average molecular weight is 491 g/mol. The highest BCUT2D eigenvalue weighted by molar-refractivity contribution is 8.26. The number of carboxylic acids is 1. The molecule has 2 fully saturated rings. The third-order valence-electron chi connectivity index (χ3n) is 5.61. The monoisotopic (exact) mass is 490 g/mol. The van der Waals surface area contributed by atoms with Gasteiger partial charge in [0.2, 0.25) is 0 Å². The van der Waals surface area contributed by atoms with Crippen molar-refractivity contribution in [3.05, 3.63) is 31.9 Å². The standard InChI is InChI=1S/C22H26N4O5S2/c1-12-10-25(11-13(2)31-12)19-15(14(3)16(9-23)20(29)24(19)4)8-17-21(30)26(22(32)33-17)7-5-6-18(27)28/h8,12-13H,5-7,10-11H2,1-4H3,(H,27,28). The number of pyridine rings is 1. The van der Waals surface area contributed by atoms with Gasteiger partial charge in [-0.05, 0) is 38.8 Å². The van der Waals surface area contributed by atoms with Crippen LogP contribution in [0.15, 0.2) is 9.70 Å². The predicted octanol–water partition coefficient (Wildman–Crippen LogP) is 2.25. The molecule has 0 bridgehead atoms. The first-order valence-corrected chi connectivity index (χ1v) is 11.8. The predicted molar refractivity (Wildman–Crippen MR) is 130 cm³/mol. The van der Waals surface area contributed by atoms with Gasteiger partial charge in [-0.2, -0.15) is 5.26 Å². The molecule has 0 aliphatic carbocycles. The van der Waals surface area contributed by atoms with Gasteiger partial charge in [0.15, 0.2) is 0 Å². The molecule has 9 nitrogen and oxygen atoms in total. The minimum absolute atomic E-state index is 0.0267. The van der Waals surface area contributed by atoms with E-state index in [1.165, 1.54) is 9.47 Å². The summed E-state index contributed by atoms with van der Waals surface area (Å²) >= 11 is 6.48. The molecule has 1 N–H and O–H groups in total. The van der Waals surface area contributed by atoms with E-state index in [1.54, 1.807) is 20.0 Å². The van der Waals surface area contributed by atoms with E-state index in [4.69, 9.17) is 22.1 Å². The minimum Gasteiger partial charge on any atom is -0.481 e. The van der Waals surface area contributed by atoms with Crippen molar-refractivity contribution in [3.8, 4) is 6.07 Å². The number of aromatic nitrogens is 1. The summed E-state index contributed by atoms with van der Waals surface area (Å²) in [5, 5.41) is 18.5. The Morgan fingerprint density at radius 3 is 2.55 bits per heavy atom. The SMILES string of the molecule is Cc1c(C=C2SC(=S)N(CCCC(=O)O)C2=O)c(N2CC(C)OC(C)C2)n(C)c(=O)c1C#N. The van der Waals surface area contributed by atoms with Crippen molar-refractivity contribution in [1.82, 2.24) is 9.47 Å². The second kappa shape index (κ2) is 10.1. The van der Waals surface area contributed by atoms with Crippen molar-refractivity contribution in [3.63, 3.8) is 0 Å². The summed E-state index contributed by atoms with van der Waals surface area (Å²) in [6.07, 6.45) is 1.81. The topological polar surface area (TPSA) is 116 Å². The molecule has 0 radical (unpaired) electrons. The van der Waals surface area contributed by atoms with E-state index in [0.29, 0.717) is 45.7 Å². The maximum Gasteiger partial charge on any atom is 0.303 e. The number of ether oxygens (including phenoxy) is 1. The first-order valence-electron chi connectivity index (χ1n) is 10.6. The van der Waals surface area contributed by atoms with Crippen LogP contribution in [0.3, 0.4) is 0 Å². The van der Waals surface area contributed by atoms with Gasteiger partial charge in [-0.1, -0.05) is 24.0 Å². The normalized spacial score (nSPS) is 22.2. The number of morpholine rings is 1. The van der Waals surface area contributed by atoms with Crippen LogP contribution in [0, 0.1) is 18.3 Å². The highest BCUT2D eigenvalue weighted by Crippen LogP contribution is 2.36. The summed E-state index contributed by atoms with van der Waals surface area (Å²) in [5.74, 6) is -0.620. The third-order valence-corrected chi connectivity index (χ3v) is 6.99. The Balaban J connectivity index is 2.08. The molecule has 0 aromatic carbocycles. The van der Waals surface area contributed by atoms with Gasteiger partial charge in [-0.3, -0.25) is 23.9 Å². The van der Waals surface area contributed by atoms with Crippen LogP contribution in [0.4, 0.5) is 5.82 Å². The fraction of sp³-hybridized carbons (Fsp3) is 0.500. The zero-order valence-corrected chi connectivity index (χ0v) is 20.6. The molecule has 1 aromatic heterocycles. The zero-order valence-electron chi connectivity index (χ0n) is 19.0. The number of hydrogen-bond acceptors (Lipinski definition) is 8. The first kappa shape index (κ1) is 25.0. The van der Waals surface area contributed by atoms with Gasteiger partial charge < -0.3 is 14.7 Å². The molecule has 176 valence electrons. The van der Waals surface area contributed by atoms with Crippen LogP contribution in [-0.4, -0.2) is 62.6 Å². The van der Waals surface area contributed by atoms with Crippen LogP contribution in [0.1, 0.15) is 43.4 Å². The van der Waals surface area contributed by atoms with E-state index < -0.39 is 11.5 Å². The second-order valence-electron chi connectivity index (χ2n) is 8.21. The van der Waals surface area contributed by atoms with Gasteiger partial charge in [0.1, 0.15) is 21.8 Å². The van der Waals surface area contributed by atoms with Crippen molar-refractivity contribution in [2.45, 2.75) is 45.8 Å². The van der Waals surface area contributed by atoms with Crippen molar-refractivity contribution in [1.29, 1.82) is 5.26 Å². The van der Waals surface area contributed by atoms with Gasteiger partial charge in [0.05, 0.1) is 17.1 Å². The smallest absolute Gasteiger partial charge is 0.303 e. The molecular formula is C22H26N4O5S2. The number of hydrogen-bond donors (Lipinski definition) is 1. The van der Waals surface area contributed by atoms with E-state index >= 15 is 0 Å². The van der Waals surface area contributed by atoms with E-state index in [2.05, 4.69) is 0 Å². The quantitative estimate of drug-likeness (QED) is 0.473. The Morgan fingerprint density at radius 1 is 1.33 bits per heavy atom. The molecule has 33 heavy (non-hydrogen) atoms. The summed E-state index contributed by atoms with van der Waals surface area (Å²) in [5.41, 5.74) is 0.744. The van der Waals surface area contributed by atoms with E-state index in [0.717, 1.165) is 11.8 Å². The number of nitrogens with zero attached hydrogens (tertiary/aromatic N) is 4. The number of carbonyl (C=O) groups is 2. The van der Waals surface area contributed by atoms with Crippen molar-refractivity contribution < 1.29 is 19.4 Å². The summed E-state index contributed by atoms with van der Waals surface area (Å²) in [6, 6.07) is 2.00. The third kappa shape index (κ3) is 5.13. The Labute approximate surface area is 201 Å². The molecular weight excluding hydrogens is 464 g/mol. The summed E-state index contributed by atoms with van der Waals surface area (Å²) < 4.78 is 7.65. The highest BCUT2D eigenvalue weighted by atomic mass is 32.2. The summed E-state index contributed by atoms with van der Waals surface area (Å²) in [4.78, 5) is 40.6. The summed E-state index contributed by atoms with van der Waals surface area (Å²) in [6.45, 7) is 6.95. The number of thioether (sulfide) groups is 1. The fourth-order valence-electron chi connectivity index (χ4n) is 4.16. The molecule has 3 heterocycles. The van der Waals surface area contributed by atoms with E-state index in [-0.39, 0.29) is 36.6 Å². The molecule has 3 rings (SSSR count). The van der Waals surface area contributed by atoms with Crippen LogP contribution in [0.25, 0.3) is 6.08 Å². The zero-order chi connectivity index (χ0) is 24.4. The highest BCUT2D eigenvalue weighted by Gasteiger charge is 2.33. The van der Waals surface area contributed by atoms with Gasteiger partial charge in [-0.15, -0.1) is 0 Å². The van der Waals surface area contributed by atoms with Gasteiger partial charge in [-0.25, -0.2) is 0 Å². The molecule has 2 saturated heterocycles. The lowest BCUT2D eigenvalue weighted by atomic mass is 10.0. The average Bonchev–Trinajstić information content (AvgIpc) is 2.99. The lowest BCUT2D eigenvalue weighted by Crippen LogP contribution is -2.47. The Hall–Kier alpha value is -2.68. The molecule has 11 heteroatoms.